The van der Waals surface area contributed by atoms with Crippen LogP contribution in [0.4, 0.5) is 14.9 Å². The molecule has 0 spiro atoms. The number of carboxylic acid groups (broad SMARTS) is 1. The van der Waals surface area contributed by atoms with Crippen LogP contribution in [0.25, 0.3) is 6.08 Å². The molecule has 0 aliphatic rings. The van der Waals surface area contributed by atoms with E-state index in [1.807, 2.05) is 30.3 Å². The fourth-order valence-electron chi connectivity index (χ4n) is 1.78. The van der Waals surface area contributed by atoms with Gasteiger partial charge in [0.25, 0.3) is 0 Å². The number of carboxylic acids is 1. The second-order valence-corrected chi connectivity index (χ2v) is 4.59. The first-order valence-electron chi connectivity index (χ1n) is 6.73. The van der Waals surface area contributed by atoms with Crippen molar-refractivity contribution in [2.45, 2.75) is 6.61 Å². The van der Waals surface area contributed by atoms with E-state index in [2.05, 4.69) is 5.32 Å². The zero-order valence-corrected chi connectivity index (χ0v) is 12.0. The molecule has 0 heterocycles. The van der Waals surface area contributed by atoms with Crippen molar-refractivity contribution in [2.75, 3.05) is 5.32 Å². The third-order valence-corrected chi connectivity index (χ3v) is 2.87. The first-order chi connectivity index (χ1) is 11.0. The van der Waals surface area contributed by atoms with Crippen LogP contribution in [-0.2, 0) is 16.1 Å². The van der Waals surface area contributed by atoms with Crippen LogP contribution >= 0.6 is 0 Å². The Hall–Kier alpha value is -3.15. The number of hydrogen-bond donors (Lipinski definition) is 2. The molecule has 23 heavy (non-hydrogen) atoms. The van der Waals surface area contributed by atoms with Gasteiger partial charge < -0.3 is 9.84 Å². The maximum atomic E-state index is 13.8. The predicted octanol–water partition coefficient (Wildman–Crippen LogP) is 3.67. The highest BCUT2D eigenvalue weighted by Crippen LogP contribution is 2.16. The first-order valence-corrected chi connectivity index (χ1v) is 6.73. The largest absolute Gasteiger partial charge is 0.478 e. The summed E-state index contributed by atoms with van der Waals surface area (Å²) in [5.74, 6) is -1.82. The van der Waals surface area contributed by atoms with Gasteiger partial charge in [-0.3, -0.25) is 5.32 Å². The van der Waals surface area contributed by atoms with Gasteiger partial charge in [-0.05, 0) is 29.8 Å². The molecule has 1 amide bonds. The van der Waals surface area contributed by atoms with Crippen molar-refractivity contribution in [1.29, 1.82) is 0 Å². The maximum Gasteiger partial charge on any atom is 0.411 e. The highest BCUT2D eigenvalue weighted by atomic mass is 19.1. The number of benzene rings is 2. The molecule has 0 aromatic heterocycles. The third-order valence-electron chi connectivity index (χ3n) is 2.87. The van der Waals surface area contributed by atoms with Crippen molar-refractivity contribution in [2.24, 2.45) is 0 Å². The van der Waals surface area contributed by atoms with Gasteiger partial charge in [-0.15, -0.1) is 0 Å². The number of aliphatic carboxylic acids is 1. The Bertz CT molecular complexity index is 729. The van der Waals surface area contributed by atoms with Crippen molar-refractivity contribution < 1.29 is 23.8 Å². The summed E-state index contributed by atoms with van der Waals surface area (Å²) in [6.07, 6.45) is 1.26. The maximum absolute atomic E-state index is 13.8. The molecule has 0 saturated heterocycles. The van der Waals surface area contributed by atoms with Gasteiger partial charge >= 0.3 is 12.1 Å². The first kappa shape index (κ1) is 16.2. The molecule has 0 unspecified atom stereocenters. The molecule has 2 rings (SSSR count). The summed E-state index contributed by atoms with van der Waals surface area (Å²) in [5.41, 5.74) is 1.16. The SMILES string of the molecule is O=C(O)/C=C/c1ccc(NC(=O)OCc2ccccc2)cc1F. The summed E-state index contributed by atoms with van der Waals surface area (Å²) in [6.45, 7) is 0.106. The molecule has 0 atom stereocenters. The fraction of sp³-hybridized carbons (Fsp3) is 0.0588. The van der Waals surface area contributed by atoms with Crippen molar-refractivity contribution in [3.8, 4) is 0 Å². The van der Waals surface area contributed by atoms with Gasteiger partial charge in [0.05, 0.1) is 0 Å². The summed E-state index contributed by atoms with van der Waals surface area (Å²) in [6, 6.07) is 13.0. The Balaban J connectivity index is 1.93. The zero-order chi connectivity index (χ0) is 16.7. The molecular weight excluding hydrogens is 301 g/mol. The summed E-state index contributed by atoms with van der Waals surface area (Å²) in [5, 5.41) is 10.9. The van der Waals surface area contributed by atoms with E-state index < -0.39 is 17.9 Å². The number of carbonyl (C=O) groups excluding carboxylic acids is 1. The molecule has 2 aromatic carbocycles. The van der Waals surface area contributed by atoms with E-state index in [1.165, 1.54) is 12.1 Å². The van der Waals surface area contributed by atoms with E-state index in [0.29, 0.717) is 0 Å². The van der Waals surface area contributed by atoms with Crippen LogP contribution in [0.2, 0.25) is 0 Å². The number of carbonyl (C=O) groups is 2. The molecular formula is C17H14FNO4. The number of hydrogen-bond acceptors (Lipinski definition) is 3. The molecule has 118 valence electrons. The monoisotopic (exact) mass is 315 g/mol. The molecule has 0 saturated carbocycles. The van der Waals surface area contributed by atoms with Gasteiger partial charge in [-0.25, -0.2) is 14.0 Å². The van der Waals surface area contributed by atoms with Crippen molar-refractivity contribution in [3.05, 3.63) is 71.6 Å². The molecule has 0 aliphatic heterocycles. The Morgan fingerprint density at radius 3 is 2.57 bits per heavy atom. The van der Waals surface area contributed by atoms with E-state index in [-0.39, 0.29) is 17.9 Å². The van der Waals surface area contributed by atoms with Crippen LogP contribution < -0.4 is 5.32 Å². The molecule has 0 bridgehead atoms. The van der Waals surface area contributed by atoms with Gasteiger partial charge in [-0.1, -0.05) is 30.3 Å². The minimum absolute atomic E-state index is 0.106. The molecule has 0 aliphatic carbocycles. The lowest BCUT2D eigenvalue weighted by Crippen LogP contribution is -2.13. The van der Waals surface area contributed by atoms with Crippen LogP contribution in [0.1, 0.15) is 11.1 Å². The molecule has 0 radical (unpaired) electrons. The third kappa shape index (κ3) is 5.28. The minimum atomic E-state index is -1.17. The molecule has 5 nitrogen and oxygen atoms in total. The van der Waals surface area contributed by atoms with Crippen molar-refractivity contribution in [3.63, 3.8) is 0 Å². The summed E-state index contributed by atoms with van der Waals surface area (Å²) >= 11 is 0. The molecule has 2 aromatic rings. The number of ether oxygens (including phenoxy) is 1. The van der Waals surface area contributed by atoms with Gasteiger partial charge in [-0.2, -0.15) is 0 Å². The van der Waals surface area contributed by atoms with Crippen molar-refractivity contribution in [1.82, 2.24) is 0 Å². The lowest BCUT2D eigenvalue weighted by Gasteiger charge is -2.08. The standard InChI is InChI=1S/C17H14FNO4/c18-15-10-14(8-6-13(15)7-9-16(20)21)19-17(22)23-11-12-4-2-1-3-5-12/h1-10H,11H2,(H,19,22)(H,20,21)/b9-7+. The number of anilines is 1. The Morgan fingerprint density at radius 1 is 1.17 bits per heavy atom. The normalized spacial score (nSPS) is 10.5. The lowest BCUT2D eigenvalue weighted by atomic mass is 10.2. The van der Waals surface area contributed by atoms with Crippen LogP contribution in [-0.4, -0.2) is 17.2 Å². The fourth-order valence-corrected chi connectivity index (χ4v) is 1.78. The van der Waals surface area contributed by atoms with Crippen LogP contribution in [0, 0.1) is 5.82 Å². The topological polar surface area (TPSA) is 75.6 Å². The number of nitrogens with one attached hydrogen (secondary N) is 1. The van der Waals surface area contributed by atoms with Gasteiger partial charge in [0.15, 0.2) is 0 Å². The Morgan fingerprint density at radius 2 is 1.91 bits per heavy atom. The smallest absolute Gasteiger partial charge is 0.411 e. The molecule has 0 fully saturated rings. The van der Waals surface area contributed by atoms with Crippen LogP contribution in [0.3, 0.4) is 0 Å². The minimum Gasteiger partial charge on any atom is -0.478 e. The predicted molar refractivity (Wildman–Crippen MR) is 83.3 cm³/mol. The van der Waals surface area contributed by atoms with Crippen LogP contribution in [0.5, 0.6) is 0 Å². The van der Waals surface area contributed by atoms with Gasteiger partial charge in [0.1, 0.15) is 12.4 Å². The number of halogens is 1. The van der Waals surface area contributed by atoms with Gasteiger partial charge in [0, 0.05) is 17.3 Å². The summed E-state index contributed by atoms with van der Waals surface area (Å²) < 4.78 is 18.8. The highest BCUT2D eigenvalue weighted by molar-refractivity contribution is 5.86. The molecule has 2 N–H and O–H groups in total. The number of rotatable bonds is 5. The average Bonchev–Trinajstić information content (AvgIpc) is 2.53. The molecule has 6 heteroatoms. The van der Waals surface area contributed by atoms with E-state index in [0.717, 1.165) is 23.8 Å². The van der Waals surface area contributed by atoms with E-state index in [9.17, 15) is 14.0 Å². The van der Waals surface area contributed by atoms with Crippen LogP contribution in [0.15, 0.2) is 54.6 Å². The second kappa shape index (κ2) is 7.74. The Kier molecular flexibility index (Phi) is 5.46. The average molecular weight is 315 g/mol. The highest BCUT2D eigenvalue weighted by Gasteiger charge is 2.06. The summed E-state index contributed by atoms with van der Waals surface area (Å²) in [7, 11) is 0. The summed E-state index contributed by atoms with van der Waals surface area (Å²) in [4.78, 5) is 22.1. The van der Waals surface area contributed by atoms with Crippen molar-refractivity contribution >= 4 is 23.8 Å². The van der Waals surface area contributed by atoms with E-state index in [4.69, 9.17) is 9.84 Å². The Labute approximate surface area is 132 Å². The van der Waals surface area contributed by atoms with E-state index >= 15 is 0 Å². The lowest BCUT2D eigenvalue weighted by molar-refractivity contribution is -0.131. The zero-order valence-electron chi connectivity index (χ0n) is 12.0. The number of amides is 1. The van der Waals surface area contributed by atoms with Gasteiger partial charge in [0.2, 0.25) is 0 Å². The van der Waals surface area contributed by atoms with E-state index in [1.54, 1.807) is 0 Å². The second-order valence-electron chi connectivity index (χ2n) is 4.59. The quantitative estimate of drug-likeness (QED) is 0.825.